The molecule has 0 radical (unpaired) electrons. The van der Waals surface area contributed by atoms with Crippen LogP contribution in [0.5, 0.6) is 0 Å². The maximum atomic E-state index is 12.1. The molecule has 0 saturated carbocycles. The van der Waals surface area contributed by atoms with E-state index in [1.807, 2.05) is 18.4 Å². The van der Waals surface area contributed by atoms with Crippen LogP contribution in [0.4, 0.5) is 17.1 Å². The van der Waals surface area contributed by atoms with Crippen molar-refractivity contribution in [1.82, 2.24) is 0 Å². The molecule has 5 nitrogen and oxygen atoms in total. The van der Waals surface area contributed by atoms with E-state index in [2.05, 4.69) is 16.0 Å². The lowest BCUT2D eigenvalue weighted by Gasteiger charge is -2.18. The number of amides is 1. The van der Waals surface area contributed by atoms with Crippen LogP contribution < -0.4 is 16.0 Å². The number of thioether (sulfide) groups is 1. The summed E-state index contributed by atoms with van der Waals surface area (Å²) >= 11 is 1.66. The van der Waals surface area contributed by atoms with Crippen molar-refractivity contribution in [2.75, 3.05) is 22.2 Å². The second-order valence-corrected chi connectivity index (χ2v) is 5.93. The van der Waals surface area contributed by atoms with E-state index < -0.39 is 5.41 Å². The molecule has 100 valence electrons. The van der Waals surface area contributed by atoms with Crippen molar-refractivity contribution in [3.63, 3.8) is 0 Å². The van der Waals surface area contributed by atoms with Crippen LogP contribution >= 0.6 is 11.8 Å². The molecule has 1 aromatic rings. The molecule has 1 aromatic carbocycles. The number of anilines is 3. The number of rotatable bonds is 2. The van der Waals surface area contributed by atoms with E-state index in [0.29, 0.717) is 0 Å². The largest absolute Gasteiger partial charge is 0.355 e. The molecule has 1 amide bonds. The zero-order chi connectivity index (χ0) is 13.8. The summed E-state index contributed by atoms with van der Waals surface area (Å²) in [5.74, 6) is -0.392. The highest BCUT2D eigenvalue weighted by Gasteiger charge is 2.47. The van der Waals surface area contributed by atoms with E-state index in [4.69, 9.17) is 0 Å². The molecule has 3 rings (SSSR count). The summed E-state index contributed by atoms with van der Waals surface area (Å²) in [6, 6.07) is 3.78. The lowest BCUT2D eigenvalue weighted by Crippen LogP contribution is -2.37. The lowest BCUT2D eigenvalue weighted by molar-refractivity contribution is -0.130. The van der Waals surface area contributed by atoms with E-state index in [9.17, 15) is 9.59 Å². The minimum Gasteiger partial charge on any atom is -0.355 e. The van der Waals surface area contributed by atoms with Crippen molar-refractivity contribution in [1.29, 1.82) is 0 Å². The fraction of sp³-hybridized carbons (Fsp3) is 0.385. The Labute approximate surface area is 115 Å². The molecule has 0 aliphatic carbocycles. The molecule has 0 spiro atoms. The maximum Gasteiger partial charge on any atom is 0.242 e. The van der Waals surface area contributed by atoms with Gasteiger partial charge in [-0.1, -0.05) is 0 Å². The Balaban J connectivity index is 2.11. The predicted octanol–water partition coefficient (Wildman–Crippen LogP) is 1.97. The van der Waals surface area contributed by atoms with Gasteiger partial charge in [-0.05, 0) is 32.2 Å². The van der Waals surface area contributed by atoms with Gasteiger partial charge in [-0.25, -0.2) is 0 Å². The summed E-state index contributed by atoms with van der Waals surface area (Å²) in [7, 11) is 0. The molecule has 2 unspecified atom stereocenters. The van der Waals surface area contributed by atoms with Crippen molar-refractivity contribution in [2.24, 2.45) is 0 Å². The second-order valence-electron chi connectivity index (χ2n) is 4.98. The van der Waals surface area contributed by atoms with Crippen molar-refractivity contribution >= 4 is 40.5 Å². The third-order valence-electron chi connectivity index (χ3n) is 3.91. The first-order valence-corrected chi connectivity index (χ1v) is 7.32. The quantitative estimate of drug-likeness (QED) is 0.721. The highest BCUT2D eigenvalue weighted by Crippen LogP contribution is 2.45. The number of fused-ring (bicyclic) bond motifs is 2. The summed E-state index contributed by atoms with van der Waals surface area (Å²) in [6.45, 7) is 3.13. The molecule has 19 heavy (non-hydrogen) atoms. The van der Waals surface area contributed by atoms with Crippen molar-refractivity contribution in [3.05, 3.63) is 17.7 Å². The fourth-order valence-electron chi connectivity index (χ4n) is 2.51. The molecule has 2 heterocycles. The van der Waals surface area contributed by atoms with Gasteiger partial charge in [0.05, 0.1) is 11.4 Å². The molecular weight excluding hydrogens is 262 g/mol. The van der Waals surface area contributed by atoms with Gasteiger partial charge in [0.2, 0.25) is 5.91 Å². The number of benzene rings is 1. The molecule has 0 aromatic heterocycles. The summed E-state index contributed by atoms with van der Waals surface area (Å²) in [6.07, 6.45) is 2.01. The van der Waals surface area contributed by atoms with Crippen LogP contribution in [-0.2, 0) is 15.0 Å². The van der Waals surface area contributed by atoms with Gasteiger partial charge in [0.1, 0.15) is 16.7 Å². The zero-order valence-corrected chi connectivity index (χ0v) is 11.8. The SMILES string of the molecule is CSC1Nc2cc3c(cc2N1)C(C)(C(C)=O)C(=O)N3. The van der Waals surface area contributed by atoms with Gasteiger partial charge < -0.3 is 16.0 Å². The van der Waals surface area contributed by atoms with Gasteiger partial charge in [-0.15, -0.1) is 11.8 Å². The van der Waals surface area contributed by atoms with Crippen molar-refractivity contribution in [2.45, 2.75) is 24.8 Å². The van der Waals surface area contributed by atoms with E-state index in [1.54, 1.807) is 18.7 Å². The minimum absolute atomic E-state index is 0.122. The number of hydrogen-bond acceptors (Lipinski definition) is 5. The lowest BCUT2D eigenvalue weighted by atomic mass is 9.80. The fourth-order valence-corrected chi connectivity index (χ4v) is 3.00. The van der Waals surface area contributed by atoms with Gasteiger partial charge in [-0.3, -0.25) is 9.59 Å². The first-order chi connectivity index (χ1) is 8.96. The Hall–Kier alpha value is -1.69. The van der Waals surface area contributed by atoms with Crippen LogP contribution in [-0.4, -0.2) is 23.4 Å². The summed E-state index contributed by atoms with van der Waals surface area (Å²) in [5, 5.41) is 9.41. The standard InChI is InChI=1S/C13H15N3O2S/c1-6(17)13(2)7-4-9-10(16-12(15-9)19-3)5-8(7)14-11(13)18/h4-5,12,15-16H,1-3H3,(H,14,18). The van der Waals surface area contributed by atoms with Gasteiger partial charge in [0, 0.05) is 11.3 Å². The Kier molecular flexibility index (Phi) is 2.53. The van der Waals surface area contributed by atoms with Crippen LogP contribution in [0.3, 0.4) is 0 Å². The summed E-state index contributed by atoms with van der Waals surface area (Å²) in [4.78, 5) is 23.9. The van der Waals surface area contributed by atoms with Crippen LogP contribution in [0, 0.1) is 0 Å². The van der Waals surface area contributed by atoms with Crippen molar-refractivity contribution in [3.8, 4) is 0 Å². The smallest absolute Gasteiger partial charge is 0.242 e. The molecule has 2 atom stereocenters. The third kappa shape index (κ3) is 1.56. The second kappa shape index (κ2) is 3.90. The molecular formula is C13H15N3O2S. The number of carbonyl (C=O) groups excluding carboxylic acids is 2. The first kappa shape index (κ1) is 12.3. The zero-order valence-electron chi connectivity index (χ0n) is 11.0. The van der Waals surface area contributed by atoms with Gasteiger partial charge in [-0.2, -0.15) is 0 Å². The molecule has 6 heteroatoms. The number of hydrogen-bond donors (Lipinski definition) is 3. The maximum absolute atomic E-state index is 12.1. The Morgan fingerprint density at radius 1 is 1.26 bits per heavy atom. The van der Waals surface area contributed by atoms with Crippen LogP contribution in [0.15, 0.2) is 12.1 Å². The monoisotopic (exact) mass is 277 g/mol. The molecule has 0 saturated heterocycles. The highest BCUT2D eigenvalue weighted by molar-refractivity contribution is 7.99. The first-order valence-electron chi connectivity index (χ1n) is 6.03. The normalized spacial score (nSPS) is 27.1. The van der Waals surface area contributed by atoms with Gasteiger partial charge >= 0.3 is 0 Å². The molecule has 0 bridgehead atoms. The average Bonchev–Trinajstić information content (AvgIpc) is 2.87. The van der Waals surface area contributed by atoms with Gasteiger partial charge in [0.25, 0.3) is 0 Å². The molecule has 2 aliphatic rings. The Morgan fingerprint density at radius 3 is 2.47 bits per heavy atom. The Bertz CT molecular complexity index is 602. The van der Waals surface area contributed by atoms with Crippen LogP contribution in [0.2, 0.25) is 0 Å². The van der Waals surface area contributed by atoms with E-state index >= 15 is 0 Å². The van der Waals surface area contributed by atoms with E-state index in [0.717, 1.165) is 22.6 Å². The summed E-state index contributed by atoms with van der Waals surface area (Å²) < 4.78 is 0. The van der Waals surface area contributed by atoms with E-state index in [1.165, 1.54) is 6.92 Å². The number of Topliss-reactive ketones (excluding diaryl/α,β-unsaturated/α-hetero) is 1. The number of nitrogens with one attached hydrogen (secondary N) is 3. The van der Waals surface area contributed by atoms with Gasteiger partial charge in [0.15, 0.2) is 0 Å². The minimum atomic E-state index is -1.08. The molecule has 2 aliphatic heterocycles. The average molecular weight is 277 g/mol. The molecule has 3 N–H and O–H groups in total. The predicted molar refractivity (Wildman–Crippen MR) is 77.7 cm³/mol. The topological polar surface area (TPSA) is 70.2 Å². The summed E-state index contributed by atoms with van der Waals surface area (Å²) in [5.41, 5.74) is 2.39. The van der Waals surface area contributed by atoms with Crippen LogP contribution in [0.25, 0.3) is 0 Å². The third-order valence-corrected chi connectivity index (χ3v) is 4.62. The van der Waals surface area contributed by atoms with Crippen LogP contribution in [0.1, 0.15) is 19.4 Å². The number of ketones is 1. The van der Waals surface area contributed by atoms with E-state index in [-0.39, 0.29) is 17.2 Å². The molecule has 0 fully saturated rings. The van der Waals surface area contributed by atoms with Crippen molar-refractivity contribution < 1.29 is 9.59 Å². The number of carbonyl (C=O) groups is 2. The highest BCUT2D eigenvalue weighted by atomic mass is 32.2. The Morgan fingerprint density at radius 2 is 1.89 bits per heavy atom.